The molecule has 0 spiro atoms. The molecule has 0 bridgehead atoms. The molecule has 1 aliphatic heterocycles. The van der Waals surface area contributed by atoms with E-state index in [0.29, 0.717) is 25.7 Å². The van der Waals surface area contributed by atoms with Crippen LogP contribution >= 0.6 is 24.0 Å². The maximum atomic E-state index is 5.83. The molecule has 1 atom stereocenters. The van der Waals surface area contributed by atoms with Gasteiger partial charge in [0.15, 0.2) is 5.96 Å². The zero-order valence-electron chi connectivity index (χ0n) is 20.2. The molecule has 0 saturated carbocycles. The van der Waals surface area contributed by atoms with Gasteiger partial charge in [-0.1, -0.05) is 50.2 Å². The molecule has 3 rings (SSSR count). The van der Waals surface area contributed by atoms with Gasteiger partial charge in [0.05, 0.1) is 13.2 Å². The van der Waals surface area contributed by atoms with Crippen LogP contribution in [-0.4, -0.2) is 68.8 Å². The number of aliphatic imine (C=N–C) groups is 1. The second-order valence-electron chi connectivity index (χ2n) is 8.36. The van der Waals surface area contributed by atoms with Crippen molar-refractivity contribution in [1.29, 1.82) is 0 Å². The molecule has 182 valence electrons. The third-order valence-electron chi connectivity index (χ3n) is 5.77. The minimum Gasteiger partial charge on any atom is -0.376 e. The molecule has 7 nitrogen and oxygen atoms in total. The third kappa shape index (κ3) is 9.46. The third-order valence-corrected chi connectivity index (χ3v) is 5.77. The molecule has 1 saturated heterocycles. The number of guanidine groups is 1. The SMILES string of the molecule is CCN1CCN(c2ccc(CNC(=NC)NCC(C)COCc3ccccc3)cn2)CC1.I. The van der Waals surface area contributed by atoms with E-state index >= 15 is 0 Å². The highest BCUT2D eigenvalue weighted by molar-refractivity contribution is 14.0. The lowest BCUT2D eigenvalue weighted by Crippen LogP contribution is -2.46. The largest absolute Gasteiger partial charge is 0.376 e. The van der Waals surface area contributed by atoms with Gasteiger partial charge in [-0.2, -0.15) is 0 Å². The summed E-state index contributed by atoms with van der Waals surface area (Å²) in [5, 5.41) is 6.76. The Kier molecular flexibility index (Phi) is 12.5. The Balaban J connectivity index is 0.00000385. The first kappa shape index (κ1) is 27.3. The van der Waals surface area contributed by atoms with Gasteiger partial charge in [-0.25, -0.2) is 4.98 Å². The lowest BCUT2D eigenvalue weighted by atomic mass is 10.2. The van der Waals surface area contributed by atoms with Gasteiger partial charge in [0, 0.05) is 52.5 Å². The normalized spacial score (nSPS) is 15.6. The topological polar surface area (TPSA) is 65.0 Å². The molecular weight excluding hydrogens is 527 g/mol. The minimum absolute atomic E-state index is 0. The fourth-order valence-corrected chi connectivity index (χ4v) is 3.69. The van der Waals surface area contributed by atoms with E-state index in [1.54, 1.807) is 7.05 Å². The van der Waals surface area contributed by atoms with E-state index < -0.39 is 0 Å². The van der Waals surface area contributed by atoms with Crippen molar-refractivity contribution in [2.75, 3.05) is 57.8 Å². The Morgan fingerprint density at radius 1 is 1.06 bits per heavy atom. The highest BCUT2D eigenvalue weighted by Gasteiger charge is 2.16. The van der Waals surface area contributed by atoms with Gasteiger partial charge in [-0.3, -0.25) is 4.99 Å². The predicted molar refractivity (Wildman–Crippen MR) is 147 cm³/mol. The van der Waals surface area contributed by atoms with Crippen molar-refractivity contribution >= 4 is 35.8 Å². The Hall–Kier alpha value is -1.91. The van der Waals surface area contributed by atoms with E-state index in [-0.39, 0.29) is 24.0 Å². The van der Waals surface area contributed by atoms with Crippen LogP contribution in [0.1, 0.15) is 25.0 Å². The number of benzene rings is 1. The number of hydrogen-bond donors (Lipinski definition) is 2. The molecule has 0 radical (unpaired) electrons. The van der Waals surface area contributed by atoms with E-state index in [1.807, 2.05) is 24.4 Å². The first-order valence-corrected chi connectivity index (χ1v) is 11.7. The van der Waals surface area contributed by atoms with Gasteiger partial charge in [0.2, 0.25) is 0 Å². The molecule has 2 aromatic rings. The number of nitrogens with one attached hydrogen (secondary N) is 2. The van der Waals surface area contributed by atoms with E-state index in [4.69, 9.17) is 4.74 Å². The molecule has 1 aromatic carbocycles. The van der Waals surface area contributed by atoms with Crippen molar-refractivity contribution in [3.8, 4) is 0 Å². The average Bonchev–Trinajstić information content (AvgIpc) is 2.85. The van der Waals surface area contributed by atoms with Crippen molar-refractivity contribution in [2.24, 2.45) is 10.9 Å². The van der Waals surface area contributed by atoms with E-state index in [9.17, 15) is 0 Å². The highest BCUT2D eigenvalue weighted by atomic mass is 127. The number of ether oxygens (including phenoxy) is 1. The average molecular weight is 567 g/mol. The number of pyridine rings is 1. The van der Waals surface area contributed by atoms with Crippen LogP contribution in [0.4, 0.5) is 5.82 Å². The molecule has 1 aromatic heterocycles. The molecule has 1 unspecified atom stereocenters. The molecule has 2 heterocycles. The summed E-state index contributed by atoms with van der Waals surface area (Å²) in [5.41, 5.74) is 2.34. The summed E-state index contributed by atoms with van der Waals surface area (Å²) in [6.07, 6.45) is 1.96. The van der Waals surface area contributed by atoms with Crippen molar-refractivity contribution < 1.29 is 4.74 Å². The number of anilines is 1. The van der Waals surface area contributed by atoms with Gasteiger partial charge in [-0.15, -0.1) is 24.0 Å². The maximum absolute atomic E-state index is 5.83. The van der Waals surface area contributed by atoms with Gasteiger partial charge in [-0.05, 0) is 29.7 Å². The number of hydrogen-bond acceptors (Lipinski definition) is 5. The highest BCUT2D eigenvalue weighted by Crippen LogP contribution is 2.14. The van der Waals surface area contributed by atoms with Gasteiger partial charge in [0.1, 0.15) is 5.82 Å². The molecule has 2 N–H and O–H groups in total. The summed E-state index contributed by atoms with van der Waals surface area (Å²) in [4.78, 5) is 13.9. The van der Waals surface area contributed by atoms with Crippen LogP contribution in [0, 0.1) is 5.92 Å². The maximum Gasteiger partial charge on any atom is 0.191 e. The molecule has 8 heteroatoms. The van der Waals surface area contributed by atoms with Gasteiger partial charge >= 0.3 is 0 Å². The summed E-state index contributed by atoms with van der Waals surface area (Å²) in [7, 11) is 1.79. The lowest BCUT2D eigenvalue weighted by Gasteiger charge is -2.34. The standard InChI is InChI=1S/C25H38N6O.HI/c1-4-30-12-14-31(15-13-30)24-11-10-23(17-27-24)18-29-25(26-3)28-16-21(2)19-32-20-22-8-6-5-7-9-22;/h5-11,17,21H,4,12-16,18-20H2,1-3H3,(H2,26,28,29);1H. The van der Waals surface area contributed by atoms with Crippen LogP contribution in [0.2, 0.25) is 0 Å². The quantitative estimate of drug-likeness (QED) is 0.261. The zero-order valence-corrected chi connectivity index (χ0v) is 22.5. The summed E-state index contributed by atoms with van der Waals surface area (Å²) in [6, 6.07) is 14.5. The number of halogens is 1. The summed E-state index contributed by atoms with van der Waals surface area (Å²) >= 11 is 0. The predicted octanol–water partition coefficient (Wildman–Crippen LogP) is 3.36. The summed E-state index contributed by atoms with van der Waals surface area (Å²) < 4.78 is 5.83. The second-order valence-corrected chi connectivity index (χ2v) is 8.36. The van der Waals surface area contributed by atoms with Crippen LogP contribution in [0.5, 0.6) is 0 Å². The first-order valence-electron chi connectivity index (χ1n) is 11.7. The van der Waals surface area contributed by atoms with Crippen molar-refractivity contribution in [3.63, 3.8) is 0 Å². The number of nitrogens with zero attached hydrogens (tertiary/aromatic N) is 4. The fourth-order valence-electron chi connectivity index (χ4n) is 3.69. The monoisotopic (exact) mass is 566 g/mol. The smallest absolute Gasteiger partial charge is 0.191 e. The van der Waals surface area contributed by atoms with E-state index in [1.165, 1.54) is 5.56 Å². The van der Waals surface area contributed by atoms with Crippen LogP contribution in [-0.2, 0) is 17.9 Å². The van der Waals surface area contributed by atoms with Gasteiger partial charge < -0.3 is 25.2 Å². The molecule has 33 heavy (non-hydrogen) atoms. The molecular formula is C25H39IN6O. The second kappa shape index (κ2) is 15.1. The Labute approximate surface area is 216 Å². The molecule has 1 aliphatic rings. The first-order chi connectivity index (χ1) is 15.7. The lowest BCUT2D eigenvalue weighted by molar-refractivity contribution is 0.0931. The van der Waals surface area contributed by atoms with Crippen LogP contribution in [0.15, 0.2) is 53.7 Å². The Morgan fingerprint density at radius 2 is 1.82 bits per heavy atom. The van der Waals surface area contributed by atoms with Gasteiger partial charge in [0.25, 0.3) is 0 Å². The molecule has 0 aliphatic carbocycles. The number of likely N-dealkylation sites (N-methyl/N-ethyl adjacent to an activating group) is 1. The summed E-state index contributed by atoms with van der Waals surface area (Å²) in [5.74, 6) is 2.24. The fraction of sp³-hybridized carbons (Fsp3) is 0.520. The Bertz CT molecular complexity index is 809. The Morgan fingerprint density at radius 3 is 2.45 bits per heavy atom. The number of aromatic nitrogens is 1. The van der Waals surface area contributed by atoms with Crippen molar-refractivity contribution in [3.05, 3.63) is 59.8 Å². The number of rotatable bonds is 10. The van der Waals surface area contributed by atoms with E-state index in [2.05, 4.69) is 68.5 Å². The van der Waals surface area contributed by atoms with Crippen molar-refractivity contribution in [2.45, 2.75) is 27.0 Å². The molecule has 0 amide bonds. The van der Waals surface area contributed by atoms with Crippen LogP contribution in [0.25, 0.3) is 0 Å². The zero-order chi connectivity index (χ0) is 22.6. The van der Waals surface area contributed by atoms with Crippen molar-refractivity contribution in [1.82, 2.24) is 20.5 Å². The molecule has 1 fully saturated rings. The minimum atomic E-state index is 0. The number of piperazine rings is 1. The van der Waals surface area contributed by atoms with E-state index in [0.717, 1.165) is 56.6 Å². The summed E-state index contributed by atoms with van der Waals surface area (Å²) in [6.45, 7) is 12.7. The van der Waals surface area contributed by atoms with Crippen LogP contribution in [0.3, 0.4) is 0 Å². The van der Waals surface area contributed by atoms with Crippen LogP contribution < -0.4 is 15.5 Å².